The molecule has 0 unspecified atom stereocenters. The molecule has 1 rings (SSSR count). The van der Waals surface area contributed by atoms with Gasteiger partial charge in [0.2, 0.25) is 5.91 Å². The van der Waals surface area contributed by atoms with E-state index in [1.807, 2.05) is 44.2 Å². The first-order valence-electron chi connectivity index (χ1n) is 8.43. The fourth-order valence-electron chi connectivity index (χ4n) is 1.98. The molecule has 1 aromatic rings. The molecule has 0 saturated heterocycles. The van der Waals surface area contributed by atoms with Crippen molar-refractivity contribution >= 4 is 17.5 Å². The van der Waals surface area contributed by atoms with Crippen LogP contribution in [0.5, 0.6) is 0 Å². The Morgan fingerprint density at radius 2 is 1.87 bits per heavy atom. The smallest absolute Gasteiger partial charge is 0.246 e. The van der Waals surface area contributed by atoms with Crippen molar-refractivity contribution in [1.82, 2.24) is 10.2 Å². The molecule has 0 spiro atoms. The summed E-state index contributed by atoms with van der Waals surface area (Å²) >= 11 is 5.75. The quantitative estimate of drug-likeness (QED) is 0.495. The lowest BCUT2D eigenvalue weighted by Crippen LogP contribution is -2.32. The minimum Gasteiger partial charge on any atom is -0.370 e. The van der Waals surface area contributed by atoms with Crippen molar-refractivity contribution in [3.63, 3.8) is 0 Å². The SMILES string of the molecule is CC.CCCN(CCCl)CCOCC(=O)NCc1ccccc1. The highest BCUT2D eigenvalue weighted by atomic mass is 35.5. The van der Waals surface area contributed by atoms with Crippen LogP contribution in [0.3, 0.4) is 0 Å². The van der Waals surface area contributed by atoms with Gasteiger partial charge in [0, 0.05) is 25.5 Å². The summed E-state index contributed by atoms with van der Waals surface area (Å²) in [6, 6.07) is 9.83. The second-order valence-corrected chi connectivity index (χ2v) is 5.22. The standard InChI is InChI=1S/C16H25ClN2O2.C2H6/c1-2-9-19(10-8-17)11-12-21-14-16(20)18-13-15-6-4-3-5-7-15;1-2/h3-7H,2,8-14H2,1H3,(H,18,20);1-2H3. The average molecular weight is 343 g/mol. The van der Waals surface area contributed by atoms with Gasteiger partial charge in [0.05, 0.1) is 6.61 Å². The maximum Gasteiger partial charge on any atom is 0.246 e. The molecule has 4 nitrogen and oxygen atoms in total. The van der Waals surface area contributed by atoms with E-state index >= 15 is 0 Å². The van der Waals surface area contributed by atoms with Crippen molar-refractivity contribution in [3.8, 4) is 0 Å². The van der Waals surface area contributed by atoms with Gasteiger partial charge in [-0.3, -0.25) is 9.69 Å². The summed E-state index contributed by atoms with van der Waals surface area (Å²) in [4.78, 5) is 13.9. The summed E-state index contributed by atoms with van der Waals surface area (Å²) < 4.78 is 5.41. The van der Waals surface area contributed by atoms with Crippen LogP contribution in [0, 0.1) is 0 Å². The number of carbonyl (C=O) groups is 1. The van der Waals surface area contributed by atoms with E-state index in [0.717, 1.165) is 31.6 Å². The Hall–Kier alpha value is -1.10. The van der Waals surface area contributed by atoms with Crippen LogP contribution in [0.15, 0.2) is 30.3 Å². The normalized spacial score (nSPS) is 10.1. The number of amides is 1. The van der Waals surface area contributed by atoms with E-state index in [4.69, 9.17) is 16.3 Å². The summed E-state index contributed by atoms with van der Waals surface area (Å²) in [6.45, 7) is 10.0. The molecule has 0 heterocycles. The van der Waals surface area contributed by atoms with Crippen molar-refractivity contribution in [2.45, 2.75) is 33.7 Å². The van der Waals surface area contributed by atoms with Gasteiger partial charge in [-0.2, -0.15) is 0 Å². The van der Waals surface area contributed by atoms with Crippen LogP contribution in [-0.4, -0.2) is 49.5 Å². The highest BCUT2D eigenvalue weighted by Gasteiger charge is 2.04. The van der Waals surface area contributed by atoms with Crippen molar-refractivity contribution < 1.29 is 9.53 Å². The van der Waals surface area contributed by atoms with Crippen molar-refractivity contribution in [1.29, 1.82) is 0 Å². The zero-order valence-electron chi connectivity index (χ0n) is 14.7. The lowest BCUT2D eigenvalue weighted by Gasteiger charge is -2.20. The third-order valence-corrected chi connectivity index (χ3v) is 3.23. The van der Waals surface area contributed by atoms with Gasteiger partial charge < -0.3 is 10.1 Å². The Bertz CT molecular complexity index is 382. The molecule has 0 atom stereocenters. The Kier molecular flexibility index (Phi) is 15.0. The molecule has 1 aromatic carbocycles. The third-order valence-electron chi connectivity index (χ3n) is 3.06. The van der Waals surface area contributed by atoms with Crippen molar-refractivity contribution in [2.75, 3.05) is 38.7 Å². The van der Waals surface area contributed by atoms with Crippen LogP contribution in [0.2, 0.25) is 0 Å². The van der Waals surface area contributed by atoms with Gasteiger partial charge in [-0.05, 0) is 18.5 Å². The van der Waals surface area contributed by atoms with Gasteiger partial charge in [0.1, 0.15) is 6.61 Å². The fourth-order valence-corrected chi connectivity index (χ4v) is 2.22. The molecular formula is C18H31ClN2O2. The average Bonchev–Trinajstić information content (AvgIpc) is 2.60. The van der Waals surface area contributed by atoms with Gasteiger partial charge in [-0.15, -0.1) is 11.6 Å². The zero-order valence-corrected chi connectivity index (χ0v) is 15.4. The van der Waals surface area contributed by atoms with Crippen molar-refractivity contribution in [2.24, 2.45) is 0 Å². The molecule has 0 bridgehead atoms. The van der Waals surface area contributed by atoms with Crippen LogP contribution in [0.25, 0.3) is 0 Å². The molecule has 0 radical (unpaired) electrons. The van der Waals surface area contributed by atoms with Crippen LogP contribution in [0.4, 0.5) is 0 Å². The molecule has 1 N–H and O–H groups in total. The van der Waals surface area contributed by atoms with Gasteiger partial charge in [-0.25, -0.2) is 0 Å². The first-order chi connectivity index (χ1) is 11.3. The first-order valence-corrected chi connectivity index (χ1v) is 8.96. The van der Waals surface area contributed by atoms with Gasteiger partial charge in [0.25, 0.3) is 0 Å². The highest BCUT2D eigenvalue weighted by Crippen LogP contribution is 1.97. The summed E-state index contributed by atoms with van der Waals surface area (Å²) in [5.74, 6) is 0.538. The number of rotatable bonds is 11. The minimum atomic E-state index is -0.0850. The Morgan fingerprint density at radius 3 is 2.48 bits per heavy atom. The van der Waals surface area contributed by atoms with Crippen LogP contribution < -0.4 is 5.32 Å². The lowest BCUT2D eigenvalue weighted by molar-refractivity contribution is -0.126. The summed E-state index contributed by atoms with van der Waals surface area (Å²) in [7, 11) is 0. The largest absolute Gasteiger partial charge is 0.370 e. The molecule has 5 heteroatoms. The topological polar surface area (TPSA) is 41.6 Å². The van der Waals surface area contributed by atoms with Gasteiger partial charge in [0.15, 0.2) is 0 Å². The van der Waals surface area contributed by atoms with E-state index < -0.39 is 0 Å². The number of nitrogens with zero attached hydrogens (tertiary/aromatic N) is 1. The highest BCUT2D eigenvalue weighted by molar-refractivity contribution is 6.18. The summed E-state index contributed by atoms with van der Waals surface area (Å²) in [5.41, 5.74) is 1.09. The molecule has 0 aliphatic heterocycles. The molecule has 0 aromatic heterocycles. The molecular weight excluding hydrogens is 312 g/mol. The predicted octanol–water partition coefficient (Wildman–Crippen LogP) is 3.30. The zero-order chi connectivity index (χ0) is 17.3. The minimum absolute atomic E-state index is 0.0850. The fraction of sp³-hybridized carbons (Fsp3) is 0.611. The first kappa shape index (κ1) is 21.9. The molecule has 0 saturated carbocycles. The number of hydrogen-bond donors (Lipinski definition) is 1. The number of alkyl halides is 1. The molecule has 1 amide bonds. The number of carbonyl (C=O) groups excluding carboxylic acids is 1. The third kappa shape index (κ3) is 12.0. The van der Waals surface area contributed by atoms with E-state index in [1.54, 1.807) is 0 Å². The van der Waals surface area contributed by atoms with E-state index in [1.165, 1.54) is 0 Å². The number of hydrogen-bond acceptors (Lipinski definition) is 3. The van der Waals surface area contributed by atoms with Gasteiger partial charge >= 0.3 is 0 Å². The summed E-state index contributed by atoms with van der Waals surface area (Å²) in [6.07, 6.45) is 1.09. The summed E-state index contributed by atoms with van der Waals surface area (Å²) in [5, 5.41) is 2.84. The van der Waals surface area contributed by atoms with Crippen LogP contribution in [0.1, 0.15) is 32.8 Å². The Balaban J connectivity index is 0.00000232. The Labute approximate surface area is 146 Å². The second kappa shape index (κ2) is 15.8. The monoisotopic (exact) mass is 342 g/mol. The van der Waals surface area contributed by atoms with E-state index in [9.17, 15) is 4.79 Å². The number of benzene rings is 1. The predicted molar refractivity (Wildman–Crippen MR) is 97.9 cm³/mol. The molecule has 132 valence electrons. The molecule has 0 fully saturated rings. The molecule has 23 heavy (non-hydrogen) atoms. The van der Waals surface area contributed by atoms with Crippen LogP contribution >= 0.6 is 11.6 Å². The number of ether oxygens (including phenoxy) is 1. The van der Waals surface area contributed by atoms with E-state index in [2.05, 4.69) is 17.1 Å². The molecule has 0 aliphatic rings. The maximum atomic E-state index is 11.6. The lowest BCUT2D eigenvalue weighted by atomic mass is 10.2. The maximum absolute atomic E-state index is 11.6. The number of nitrogens with one attached hydrogen (secondary N) is 1. The Morgan fingerprint density at radius 1 is 1.17 bits per heavy atom. The van der Waals surface area contributed by atoms with Gasteiger partial charge in [-0.1, -0.05) is 51.1 Å². The van der Waals surface area contributed by atoms with Crippen LogP contribution in [-0.2, 0) is 16.1 Å². The molecule has 0 aliphatic carbocycles. The van der Waals surface area contributed by atoms with E-state index in [-0.39, 0.29) is 12.5 Å². The van der Waals surface area contributed by atoms with E-state index in [0.29, 0.717) is 19.0 Å². The van der Waals surface area contributed by atoms with Crippen molar-refractivity contribution in [3.05, 3.63) is 35.9 Å². The second-order valence-electron chi connectivity index (χ2n) is 4.85. The number of halogens is 1.